The summed E-state index contributed by atoms with van der Waals surface area (Å²) in [5.41, 5.74) is 17.6. The first-order valence-corrected chi connectivity index (χ1v) is 11.9. The highest BCUT2D eigenvalue weighted by Gasteiger charge is 2.31. The van der Waals surface area contributed by atoms with E-state index in [2.05, 4.69) is 20.9 Å². The van der Waals surface area contributed by atoms with Gasteiger partial charge in [-0.2, -0.15) is 0 Å². The van der Waals surface area contributed by atoms with E-state index in [1.54, 1.807) is 6.92 Å². The summed E-state index contributed by atoms with van der Waals surface area (Å²) in [7, 11) is 0. The van der Waals surface area contributed by atoms with Crippen LogP contribution in [0.3, 0.4) is 0 Å². The van der Waals surface area contributed by atoms with Gasteiger partial charge in [0.2, 0.25) is 17.7 Å². The van der Waals surface area contributed by atoms with Crippen LogP contribution in [0.5, 0.6) is 0 Å². The Morgan fingerprint density at radius 2 is 1.61 bits per heavy atom. The molecule has 12 heteroatoms. The first kappa shape index (κ1) is 30.4. The van der Waals surface area contributed by atoms with Crippen molar-refractivity contribution >= 4 is 29.7 Å². The third-order valence-electron chi connectivity index (χ3n) is 5.74. The number of nitrogens with two attached hydrogens (primary N) is 3. The van der Waals surface area contributed by atoms with E-state index in [0.717, 1.165) is 5.56 Å². The predicted octanol–water partition coefficient (Wildman–Crippen LogP) is -0.785. The van der Waals surface area contributed by atoms with Crippen molar-refractivity contribution < 1.29 is 24.3 Å². The second kappa shape index (κ2) is 15.4. The molecule has 36 heavy (non-hydrogen) atoms. The molecule has 200 valence electrons. The quantitative estimate of drug-likeness (QED) is 0.0908. The molecule has 0 bridgehead atoms. The fourth-order valence-electron chi connectivity index (χ4n) is 3.33. The molecule has 0 heterocycles. The lowest BCUT2D eigenvalue weighted by Crippen LogP contribution is -2.58. The van der Waals surface area contributed by atoms with Crippen molar-refractivity contribution in [2.75, 3.05) is 6.54 Å². The lowest BCUT2D eigenvalue weighted by atomic mass is 9.96. The van der Waals surface area contributed by atoms with Gasteiger partial charge in [-0.25, -0.2) is 0 Å². The van der Waals surface area contributed by atoms with Gasteiger partial charge in [0, 0.05) is 6.54 Å². The van der Waals surface area contributed by atoms with Crippen molar-refractivity contribution in [1.29, 1.82) is 0 Å². The zero-order valence-electron chi connectivity index (χ0n) is 21.1. The molecule has 5 atom stereocenters. The van der Waals surface area contributed by atoms with E-state index in [1.807, 2.05) is 37.3 Å². The van der Waals surface area contributed by atoms with E-state index in [9.17, 15) is 19.2 Å². The number of nitrogens with zero attached hydrogens (tertiary/aromatic N) is 1. The fraction of sp³-hybridized carbons (Fsp3) is 0.542. The summed E-state index contributed by atoms with van der Waals surface area (Å²) < 4.78 is 0. The Morgan fingerprint density at radius 3 is 2.17 bits per heavy atom. The van der Waals surface area contributed by atoms with Crippen molar-refractivity contribution in [3.8, 4) is 0 Å². The van der Waals surface area contributed by atoms with Crippen molar-refractivity contribution in [1.82, 2.24) is 16.0 Å². The van der Waals surface area contributed by atoms with Gasteiger partial charge in [-0.3, -0.25) is 24.2 Å². The number of hydrogen-bond acceptors (Lipinski definition) is 6. The topological polar surface area (TPSA) is 215 Å². The average molecular weight is 506 g/mol. The highest BCUT2D eigenvalue weighted by atomic mass is 16.4. The zero-order valence-corrected chi connectivity index (χ0v) is 21.1. The summed E-state index contributed by atoms with van der Waals surface area (Å²) in [5.74, 6) is -3.32. The van der Waals surface area contributed by atoms with E-state index in [-0.39, 0.29) is 24.8 Å². The van der Waals surface area contributed by atoms with Crippen LogP contribution in [0.2, 0.25) is 0 Å². The Bertz CT molecular complexity index is 905. The SMILES string of the molecule is CCC(C)C(NC(=O)C(N)Cc1ccccc1)C(=O)NC(CCCN=C(N)N)C(=O)NC(C)C(=O)O. The molecule has 10 N–H and O–H groups in total. The first-order valence-electron chi connectivity index (χ1n) is 11.9. The largest absolute Gasteiger partial charge is 0.480 e. The molecule has 12 nitrogen and oxygen atoms in total. The number of benzene rings is 1. The summed E-state index contributed by atoms with van der Waals surface area (Å²) in [4.78, 5) is 53.8. The fourth-order valence-corrected chi connectivity index (χ4v) is 3.33. The van der Waals surface area contributed by atoms with Gasteiger partial charge in [-0.05, 0) is 37.7 Å². The Balaban J connectivity index is 2.96. The number of nitrogens with one attached hydrogen (secondary N) is 3. The molecule has 3 amide bonds. The Morgan fingerprint density at radius 1 is 0.972 bits per heavy atom. The molecule has 0 saturated carbocycles. The second-order valence-corrected chi connectivity index (χ2v) is 8.75. The molecule has 5 unspecified atom stereocenters. The lowest BCUT2D eigenvalue weighted by molar-refractivity contribution is -0.142. The highest BCUT2D eigenvalue weighted by molar-refractivity contribution is 5.94. The smallest absolute Gasteiger partial charge is 0.325 e. The molecule has 0 aliphatic heterocycles. The van der Waals surface area contributed by atoms with Crippen LogP contribution in [-0.2, 0) is 25.6 Å². The molecule has 0 aliphatic carbocycles. The molecule has 1 aromatic carbocycles. The number of amides is 3. The van der Waals surface area contributed by atoms with Gasteiger partial charge < -0.3 is 38.3 Å². The number of aliphatic carboxylic acids is 1. The van der Waals surface area contributed by atoms with E-state index >= 15 is 0 Å². The third kappa shape index (κ3) is 10.7. The minimum atomic E-state index is -1.22. The van der Waals surface area contributed by atoms with Crippen LogP contribution in [0.4, 0.5) is 0 Å². The maximum Gasteiger partial charge on any atom is 0.325 e. The van der Waals surface area contributed by atoms with Gasteiger partial charge in [0.25, 0.3) is 0 Å². The van der Waals surface area contributed by atoms with Crippen molar-refractivity contribution in [2.24, 2.45) is 28.1 Å². The average Bonchev–Trinajstić information content (AvgIpc) is 2.83. The molecule has 0 fully saturated rings. The van der Waals surface area contributed by atoms with Crippen LogP contribution in [0.1, 0.15) is 45.6 Å². The van der Waals surface area contributed by atoms with Crippen LogP contribution >= 0.6 is 0 Å². The second-order valence-electron chi connectivity index (χ2n) is 8.75. The molecular formula is C24H39N7O5. The summed E-state index contributed by atoms with van der Waals surface area (Å²) in [6.45, 7) is 5.20. The minimum Gasteiger partial charge on any atom is -0.480 e. The standard InChI is InChI=1S/C24H39N7O5/c1-4-14(2)19(31-20(32)17(25)13-16-9-6-5-7-10-16)22(34)30-18(11-8-12-28-24(26)27)21(33)29-15(3)23(35)36/h5-7,9-10,14-15,17-19H,4,8,11-13,25H2,1-3H3,(H,29,33)(H,30,34)(H,31,32)(H,35,36)(H4,26,27,28). The maximum absolute atomic E-state index is 13.2. The molecule has 1 rings (SSSR count). The Hall–Kier alpha value is -3.67. The van der Waals surface area contributed by atoms with Gasteiger partial charge in [-0.1, -0.05) is 50.6 Å². The van der Waals surface area contributed by atoms with Crippen molar-refractivity contribution in [3.05, 3.63) is 35.9 Å². The van der Waals surface area contributed by atoms with E-state index < -0.39 is 47.9 Å². The van der Waals surface area contributed by atoms with Gasteiger partial charge in [-0.15, -0.1) is 0 Å². The highest BCUT2D eigenvalue weighted by Crippen LogP contribution is 2.11. The van der Waals surface area contributed by atoms with Gasteiger partial charge in [0.05, 0.1) is 6.04 Å². The van der Waals surface area contributed by atoms with Gasteiger partial charge in [0.1, 0.15) is 18.1 Å². The zero-order chi connectivity index (χ0) is 27.3. The number of carbonyl (C=O) groups is 4. The van der Waals surface area contributed by atoms with Crippen LogP contribution in [-0.4, -0.2) is 65.5 Å². The van der Waals surface area contributed by atoms with Crippen LogP contribution in [0.15, 0.2) is 35.3 Å². The molecule has 0 radical (unpaired) electrons. The third-order valence-corrected chi connectivity index (χ3v) is 5.74. The Kier molecular flexibility index (Phi) is 12.9. The minimum absolute atomic E-state index is 0.106. The Labute approximate surface area is 211 Å². The molecule has 0 saturated heterocycles. The first-order chi connectivity index (χ1) is 17.0. The summed E-state index contributed by atoms with van der Waals surface area (Å²) in [6.07, 6.45) is 1.36. The summed E-state index contributed by atoms with van der Waals surface area (Å²) in [5, 5.41) is 16.8. The monoisotopic (exact) mass is 505 g/mol. The number of carboxylic acids is 1. The number of rotatable bonds is 15. The van der Waals surface area contributed by atoms with E-state index in [1.165, 1.54) is 6.92 Å². The van der Waals surface area contributed by atoms with Gasteiger partial charge in [0.15, 0.2) is 5.96 Å². The van der Waals surface area contributed by atoms with Crippen LogP contribution in [0.25, 0.3) is 0 Å². The van der Waals surface area contributed by atoms with Crippen molar-refractivity contribution in [3.63, 3.8) is 0 Å². The molecule has 0 aliphatic rings. The molecule has 0 aromatic heterocycles. The number of hydrogen-bond donors (Lipinski definition) is 7. The molecular weight excluding hydrogens is 466 g/mol. The molecule has 0 spiro atoms. The lowest BCUT2D eigenvalue weighted by Gasteiger charge is -2.27. The summed E-state index contributed by atoms with van der Waals surface area (Å²) in [6, 6.07) is 5.23. The van der Waals surface area contributed by atoms with E-state index in [4.69, 9.17) is 22.3 Å². The van der Waals surface area contributed by atoms with Crippen LogP contribution < -0.4 is 33.2 Å². The van der Waals surface area contributed by atoms with Crippen molar-refractivity contribution in [2.45, 2.75) is 70.6 Å². The normalized spacial score (nSPS) is 14.9. The van der Waals surface area contributed by atoms with E-state index in [0.29, 0.717) is 19.3 Å². The molecule has 1 aromatic rings. The number of carboxylic acid groups (broad SMARTS) is 1. The predicted molar refractivity (Wildman–Crippen MR) is 137 cm³/mol. The number of guanidine groups is 1. The maximum atomic E-state index is 13.2. The number of carbonyl (C=O) groups excluding carboxylic acids is 3. The van der Waals surface area contributed by atoms with Crippen LogP contribution in [0, 0.1) is 5.92 Å². The van der Waals surface area contributed by atoms with Gasteiger partial charge >= 0.3 is 5.97 Å². The summed E-state index contributed by atoms with van der Waals surface area (Å²) >= 11 is 0. The number of aliphatic imine (C=N–C) groups is 1.